The summed E-state index contributed by atoms with van der Waals surface area (Å²) in [6.45, 7) is 6.35. The molecule has 352 valence electrons. The van der Waals surface area contributed by atoms with Crippen LogP contribution in [0.2, 0.25) is 0 Å². The van der Waals surface area contributed by atoms with Crippen molar-refractivity contribution in [1.29, 1.82) is 5.26 Å². The highest BCUT2D eigenvalue weighted by Gasteiger charge is 2.29. The van der Waals surface area contributed by atoms with Crippen molar-refractivity contribution in [1.82, 2.24) is 34.0 Å². The molecule has 0 spiro atoms. The van der Waals surface area contributed by atoms with Gasteiger partial charge in [-0.2, -0.15) is 5.26 Å². The smallest absolute Gasteiger partial charge is 0.265 e. The maximum Gasteiger partial charge on any atom is 0.265 e. The minimum atomic E-state index is -0.733. The number of carbonyl (C=O) groups is 3. The predicted molar refractivity (Wildman–Crippen MR) is 253 cm³/mol. The van der Waals surface area contributed by atoms with Crippen LogP contribution >= 0.6 is 12.1 Å². The molecule has 0 bridgehead atoms. The molecule has 5 aromatic rings. The summed E-state index contributed by atoms with van der Waals surface area (Å²) in [6.07, 6.45) is 5.46. The van der Waals surface area contributed by atoms with E-state index in [0.717, 1.165) is 12.8 Å². The number of anilines is 3. The van der Waals surface area contributed by atoms with Crippen LogP contribution in [0.15, 0.2) is 71.9 Å². The Hall–Kier alpha value is -6.82. The van der Waals surface area contributed by atoms with E-state index in [1.165, 1.54) is 61.5 Å². The lowest BCUT2D eigenvalue weighted by molar-refractivity contribution is -0.133. The highest BCUT2D eigenvalue weighted by atomic mass is 32.2. The summed E-state index contributed by atoms with van der Waals surface area (Å²) >= 11 is 1.26. The van der Waals surface area contributed by atoms with Crippen molar-refractivity contribution in [3.63, 3.8) is 0 Å². The number of piperidine rings is 1. The topological polar surface area (TPSA) is 190 Å². The van der Waals surface area contributed by atoms with Crippen LogP contribution in [0.4, 0.5) is 26.0 Å². The number of ether oxygens (including phenoxy) is 2. The van der Waals surface area contributed by atoms with Gasteiger partial charge in [0.05, 0.1) is 47.8 Å². The van der Waals surface area contributed by atoms with Crippen LogP contribution < -0.4 is 35.3 Å². The highest BCUT2D eigenvalue weighted by Crippen LogP contribution is 2.37. The highest BCUT2D eigenvalue weighted by molar-refractivity contribution is 7.98. The summed E-state index contributed by atoms with van der Waals surface area (Å²) in [5, 5.41) is 15.7. The molecule has 67 heavy (non-hydrogen) atoms. The summed E-state index contributed by atoms with van der Waals surface area (Å²) in [4.78, 5) is 65.7. The summed E-state index contributed by atoms with van der Waals surface area (Å²) in [5.74, 6) is -0.533. The van der Waals surface area contributed by atoms with E-state index in [1.54, 1.807) is 30.5 Å². The maximum absolute atomic E-state index is 15.6. The Bertz CT molecular complexity index is 2690. The van der Waals surface area contributed by atoms with Gasteiger partial charge in [-0.25, -0.2) is 23.1 Å². The fourth-order valence-corrected chi connectivity index (χ4v) is 8.68. The van der Waals surface area contributed by atoms with Crippen molar-refractivity contribution in [2.75, 3.05) is 88.5 Å². The van der Waals surface area contributed by atoms with E-state index < -0.39 is 23.2 Å². The van der Waals surface area contributed by atoms with Gasteiger partial charge in [0, 0.05) is 64.4 Å². The Balaban J connectivity index is 0.925. The van der Waals surface area contributed by atoms with E-state index in [2.05, 4.69) is 35.1 Å². The number of pyridine rings is 1. The number of hydrogen-bond donors (Lipinski definition) is 3. The van der Waals surface area contributed by atoms with Crippen LogP contribution in [-0.2, 0) is 14.4 Å². The Morgan fingerprint density at radius 3 is 2.46 bits per heavy atom. The van der Waals surface area contributed by atoms with Crippen LogP contribution in [0.3, 0.4) is 0 Å². The number of piperazine rings is 1. The van der Waals surface area contributed by atoms with Crippen molar-refractivity contribution in [2.24, 2.45) is 0 Å². The van der Waals surface area contributed by atoms with Crippen LogP contribution in [0.25, 0.3) is 16.6 Å². The molecule has 3 aromatic carbocycles. The van der Waals surface area contributed by atoms with Crippen molar-refractivity contribution in [2.45, 2.75) is 44.6 Å². The number of nitrogens with zero attached hydrogens (tertiary/aromatic N) is 8. The maximum atomic E-state index is 15.6. The lowest BCUT2D eigenvalue weighted by Crippen LogP contribution is -2.52. The first-order valence-electron chi connectivity index (χ1n) is 22.0. The molecule has 0 saturated carbocycles. The molecular formula is C47H53F2N11O6S. The largest absolute Gasteiger partial charge is 0.495 e. The van der Waals surface area contributed by atoms with Gasteiger partial charge in [-0.15, -0.1) is 0 Å². The van der Waals surface area contributed by atoms with Gasteiger partial charge in [0.2, 0.25) is 11.8 Å². The number of nitriles is 1. The number of nitrogens with one attached hydrogen (secondary N) is 3. The zero-order chi connectivity index (χ0) is 47.6. The first kappa shape index (κ1) is 48.1. The Morgan fingerprint density at radius 1 is 1.01 bits per heavy atom. The molecular weight excluding hydrogens is 885 g/mol. The van der Waals surface area contributed by atoms with Gasteiger partial charge in [-0.1, -0.05) is 6.92 Å². The standard InChI is InChI=1S/C47H53F2N11O6S/c1-5-56(3)67-55-39-12-10-36(48)45(35(39)26-50)66-32-9-11-38-34(23-32)47(64)60(29-53-38)31-8-13-43(52-27-31)58-18-20-59(21-19-58)44(62)28-57-16-14-30(15-17-57)33-24-42(65-4)41(25-37(33)49)54-40(7-6-22-61)46(63)51-2/h8-13,22-25,27,29-30,40,54-55H,5-7,14-21,28H2,1-4H3,(H,51,63). The number of aldehydes is 1. The second kappa shape index (κ2) is 22.1. The molecule has 2 fully saturated rings. The summed E-state index contributed by atoms with van der Waals surface area (Å²) in [5.41, 5.74) is 1.70. The fourth-order valence-electron chi connectivity index (χ4n) is 8.13. The number of carbonyl (C=O) groups excluding carboxylic acids is 3. The molecule has 1 unspecified atom stereocenters. The fraction of sp³-hybridized carbons (Fsp3) is 0.383. The van der Waals surface area contributed by atoms with E-state index in [4.69, 9.17) is 9.47 Å². The van der Waals surface area contributed by atoms with Gasteiger partial charge < -0.3 is 39.4 Å². The number of benzene rings is 3. The SMILES string of the molecule is CCN(C)SNc1ccc(F)c(Oc2ccc3ncn(-c4ccc(N5CCN(C(=O)CN6CCC(c7cc(OC)c(NC(CCC=O)C(=O)NC)cc7F)CC6)CC5)nc4)c(=O)c3c2)c1C#N. The van der Waals surface area contributed by atoms with Crippen molar-refractivity contribution < 1.29 is 32.6 Å². The molecule has 2 aliphatic rings. The van der Waals surface area contributed by atoms with Gasteiger partial charge in [0.15, 0.2) is 11.6 Å². The normalized spacial score (nSPS) is 15.0. The zero-order valence-corrected chi connectivity index (χ0v) is 38.6. The number of hydrogen-bond acceptors (Lipinski definition) is 15. The minimum Gasteiger partial charge on any atom is -0.495 e. The summed E-state index contributed by atoms with van der Waals surface area (Å²) < 4.78 is 48.4. The first-order chi connectivity index (χ1) is 32.4. The molecule has 0 radical (unpaired) electrons. The van der Waals surface area contributed by atoms with E-state index >= 15 is 8.78 Å². The second-order valence-electron chi connectivity index (χ2n) is 16.2. The number of likely N-dealkylation sites (N-methyl/N-ethyl adjacent to an activating group) is 1. The van der Waals surface area contributed by atoms with Gasteiger partial charge in [0.1, 0.15) is 53.4 Å². The van der Waals surface area contributed by atoms with Gasteiger partial charge in [-0.3, -0.25) is 23.9 Å². The number of aromatic nitrogens is 3. The number of rotatable bonds is 18. The molecule has 2 saturated heterocycles. The second-order valence-corrected chi connectivity index (χ2v) is 17.2. The molecule has 7 rings (SSSR count). The Kier molecular flexibility index (Phi) is 15.9. The minimum absolute atomic E-state index is 0.0204. The molecule has 3 N–H and O–H groups in total. The monoisotopic (exact) mass is 937 g/mol. The average Bonchev–Trinajstić information content (AvgIpc) is 3.35. The van der Waals surface area contributed by atoms with Crippen molar-refractivity contribution in [3.05, 3.63) is 100 Å². The van der Waals surface area contributed by atoms with Gasteiger partial charge in [-0.05, 0) is 99.4 Å². The molecule has 2 aromatic heterocycles. The molecule has 0 aliphatic carbocycles. The molecule has 20 heteroatoms. The lowest BCUT2D eigenvalue weighted by atomic mass is 9.88. The Morgan fingerprint density at radius 2 is 1.79 bits per heavy atom. The van der Waals surface area contributed by atoms with Crippen molar-refractivity contribution >= 4 is 58.3 Å². The van der Waals surface area contributed by atoms with Crippen LogP contribution in [0.1, 0.15) is 49.7 Å². The molecule has 1 atom stereocenters. The quantitative estimate of drug-likeness (QED) is 0.0717. The van der Waals surface area contributed by atoms with E-state index in [-0.39, 0.29) is 59.6 Å². The van der Waals surface area contributed by atoms with E-state index in [9.17, 15) is 24.4 Å². The lowest BCUT2D eigenvalue weighted by Gasteiger charge is -2.37. The summed E-state index contributed by atoms with van der Waals surface area (Å²) in [7, 11) is 4.85. The number of halogens is 2. The van der Waals surface area contributed by atoms with E-state index in [1.807, 2.05) is 35.3 Å². The molecule has 4 heterocycles. The number of methoxy groups -OCH3 is 1. The van der Waals surface area contributed by atoms with Crippen LogP contribution in [0.5, 0.6) is 17.2 Å². The average molecular weight is 938 g/mol. The molecule has 2 aliphatic heterocycles. The first-order valence-corrected chi connectivity index (χ1v) is 22.8. The van der Waals surface area contributed by atoms with Crippen LogP contribution in [0, 0.1) is 23.0 Å². The number of likely N-dealkylation sites (tertiary alicyclic amines) is 1. The predicted octanol–water partition coefficient (Wildman–Crippen LogP) is 5.69. The van der Waals surface area contributed by atoms with Gasteiger partial charge in [0.25, 0.3) is 5.56 Å². The summed E-state index contributed by atoms with van der Waals surface area (Å²) in [6, 6.07) is 15.2. The van der Waals surface area contributed by atoms with Gasteiger partial charge >= 0.3 is 0 Å². The van der Waals surface area contributed by atoms with Crippen LogP contribution in [-0.4, -0.2) is 126 Å². The zero-order valence-electron chi connectivity index (χ0n) is 37.8. The third kappa shape index (κ3) is 11.2. The number of fused-ring (bicyclic) bond motifs is 1. The van der Waals surface area contributed by atoms with Crippen molar-refractivity contribution in [3.8, 4) is 29.0 Å². The van der Waals surface area contributed by atoms with E-state index in [0.29, 0.717) is 91.8 Å². The molecule has 2 amide bonds. The third-order valence-electron chi connectivity index (χ3n) is 12.1. The molecule has 17 nitrogen and oxygen atoms in total. The Labute approximate surface area is 391 Å². The third-order valence-corrected chi connectivity index (χ3v) is 12.9. The number of amides is 2.